The molecular formula is C7H14F3N. The SMILES string of the molecule is CCCCCNC(F)(F)CF. The largest absolute Gasteiger partial charge is 0.330 e. The number of alkyl halides is 3. The third-order valence-electron chi connectivity index (χ3n) is 1.33. The minimum absolute atomic E-state index is 0.185. The van der Waals surface area contributed by atoms with Crippen LogP contribution in [0.2, 0.25) is 0 Å². The molecule has 0 aliphatic heterocycles. The molecule has 0 aromatic carbocycles. The van der Waals surface area contributed by atoms with Gasteiger partial charge in [0.1, 0.15) is 0 Å². The first-order valence-electron chi connectivity index (χ1n) is 3.81. The highest BCUT2D eigenvalue weighted by Crippen LogP contribution is 2.08. The maximum atomic E-state index is 12.1. The molecule has 0 unspecified atom stereocenters. The van der Waals surface area contributed by atoms with E-state index in [1.165, 1.54) is 0 Å². The number of nitrogens with one attached hydrogen (secondary N) is 1. The predicted molar refractivity (Wildman–Crippen MR) is 38.4 cm³/mol. The van der Waals surface area contributed by atoms with Gasteiger partial charge in [-0.2, -0.15) is 8.78 Å². The highest BCUT2D eigenvalue weighted by Gasteiger charge is 2.26. The molecule has 0 saturated carbocycles. The average Bonchev–Trinajstić information content (AvgIpc) is 1.99. The summed E-state index contributed by atoms with van der Waals surface area (Å²) in [6.45, 7) is 0.539. The monoisotopic (exact) mass is 169 g/mol. The van der Waals surface area contributed by atoms with Crippen molar-refractivity contribution in [3.8, 4) is 0 Å². The van der Waals surface area contributed by atoms with Crippen molar-refractivity contribution in [3.05, 3.63) is 0 Å². The molecule has 68 valence electrons. The van der Waals surface area contributed by atoms with Crippen LogP contribution in [0.5, 0.6) is 0 Å². The van der Waals surface area contributed by atoms with Crippen LogP contribution in [0, 0.1) is 0 Å². The molecule has 1 N–H and O–H groups in total. The average molecular weight is 169 g/mol. The summed E-state index contributed by atoms with van der Waals surface area (Å²) in [5.74, 6) is 0. The van der Waals surface area contributed by atoms with E-state index in [0.29, 0.717) is 6.42 Å². The van der Waals surface area contributed by atoms with Gasteiger partial charge in [0.05, 0.1) is 0 Å². The zero-order valence-electron chi connectivity index (χ0n) is 6.67. The zero-order valence-corrected chi connectivity index (χ0v) is 6.67. The lowest BCUT2D eigenvalue weighted by atomic mass is 10.2. The van der Waals surface area contributed by atoms with Crippen LogP contribution in [-0.2, 0) is 0 Å². The Hall–Kier alpha value is -0.250. The number of hydrogen-bond donors (Lipinski definition) is 1. The number of rotatable bonds is 6. The summed E-state index contributed by atoms with van der Waals surface area (Å²) in [6, 6.07) is -3.33. The molecule has 0 bridgehead atoms. The Labute approximate surface area is 65.0 Å². The molecule has 0 rings (SSSR count). The normalized spacial score (nSPS) is 12.0. The van der Waals surface area contributed by atoms with Gasteiger partial charge in [-0.25, -0.2) is 4.39 Å². The van der Waals surface area contributed by atoms with Crippen molar-refractivity contribution in [2.45, 2.75) is 32.2 Å². The third kappa shape index (κ3) is 6.16. The summed E-state index contributed by atoms with van der Waals surface area (Å²) in [5.41, 5.74) is 0. The summed E-state index contributed by atoms with van der Waals surface area (Å²) in [7, 11) is 0. The summed E-state index contributed by atoms with van der Waals surface area (Å²) < 4.78 is 35.7. The van der Waals surface area contributed by atoms with E-state index in [1.807, 2.05) is 12.2 Å². The minimum Gasteiger partial charge on any atom is -0.256 e. The fourth-order valence-electron chi connectivity index (χ4n) is 0.694. The van der Waals surface area contributed by atoms with Crippen molar-refractivity contribution >= 4 is 0 Å². The standard InChI is InChI=1S/C7H14F3N/c1-2-3-4-5-11-7(9,10)6-8/h11H,2-6H2,1H3. The smallest absolute Gasteiger partial charge is 0.256 e. The molecule has 0 amide bonds. The number of unbranched alkanes of at least 4 members (excludes halogenated alkanes) is 2. The van der Waals surface area contributed by atoms with E-state index in [9.17, 15) is 13.2 Å². The summed E-state index contributed by atoms with van der Waals surface area (Å²) in [4.78, 5) is 0. The van der Waals surface area contributed by atoms with Gasteiger partial charge in [-0.3, -0.25) is 5.32 Å². The van der Waals surface area contributed by atoms with E-state index in [4.69, 9.17) is 0 Å². The van der Waals surface area contributed by atoms with Gasteiger partial charge >= 0.3 is 6.05 Å². The van der Waals surface area contributed by atoms with Gasteiger partial charge in [-0.1, -0.05) is 19.8 Å². The molecule has 0 radical (unpaired) electrons. The third-order valence-corrected chi connectivity index (χ3v) is 1.33. The molecule has 0 fully saturated rings. The van der Waals surface area contributed by atoms with Crippen LogP contribution in [0.15, 0.2) is 0 Å². The van der Waals surface area contributed by atoms with Gasteiger partial charge in [0.25, 0.3) is 0 Å². The lowest BCUT2D eigenvalue weighted by molar-refractivity contribution is -0.0546. The Balaban J connectivity index is 3.23. The van der Waals surface area contributed by atoms with Gasteiger partial charge in [0, 0.05) is 6.54 Å². The van der Waals surface area contributed by atoms with Crippen LogP contribution < -0.4 is 5.32 Å². The van der Waals surface area contributed by atoms with Gasteiger partial charge in [-0.05, 0) is 6.42 Å². The predicted octanol–water partition coefficient (Wildman–Crippen LogP) is 2.33. The highest BCUT2D eigenvalue weighted by atomic mass is 19.3. The van der Waals surface area contributed by atoms with Gasteiger partial charge in [0.2, 0.25) is 0 Å². The lowest BCUT2D eigenvalue weighted by Gasteiger charge is -2.13. The van der Waals surface area contributed by atoms with Gasteiger partial charge < -0.3 is 0 Å². The van der Waals surface area contributed by atoms with Crippen molar-refractivity contribution in [2.24, 2.45) is 0 Å². The lowest BCUT2D eigenvalue weighted by Crippen LogP contribution is -2.38. The van der Waals surface area contributed by atoms with Gasteiger partial charge in [0.15, 0.2) is 6.67 Å². The summed E-state index contributed by atoms with van der Waals surface area (Å²) in [6.07, 6.45) is 2.55. The highest BCUT2D eigenvalue weighted by molar-refractivity contribution is 4.60. The van der Waals surface area contributed by atoms with E-state index in [-0.39, 0.29) is 6.54 Å². The van der Waals surface area contributed by atoms with Crippen LogP contribution in [0.3, 0.4) is 0 Å². The minimum atomic E-state index is -3.33. The zero-order chi connectivity index (χ0) is 8.74. The van der Waals surface area contributed by atoms with E-state index >= 15 is 0 Å². The van der Waals surface area contributed by atoms with E-state index in [1.54, 1.807) is 0 Å². The van der Waals surface area contributed by atoms with Crippen molar-refractivity contribution in [2.75, 3.05) is 13.2 Å². The Morgan fingerprint density at radius 3 is 2.36 bits per heavy atom. The molecule has 0 aromatic rings. The van der Waals surface area contributed by atoms with E-state index < -0.39 is 12.7 Å². The Morgan fingerprint density at radius 2 is 1.91 bits per heavy atom. The second-order valence-corrected chi connectivity index (χ2v) is 2.47. The summed E-state index contributed by atoms with van der Waals surface area (Å²) >= 11 is 0. The molecule has 0 aliphatic carbocycles. The topological polar surface area (TPSA) is 12.0 Å². The van der Waals surface area contributed by atoms with Crippen LogP contribution in [-0.4, -0.2) is 19.3 Å². The van der Waals surface area contributed by atoms with Crippen molar-refractivity contribution in [1.82, 2.24) is 5.32 Å². The molecule has 0 saturated heterocycles. The molecule has 0 atom stereocenters. The van der Waals surface area contributed by atoms with Gasteiger partial charge in [-0.15, -0.1) is 0 Å². The van der Waals surface area contributed by atoms with Crippen LogP contribution in [0.4, 0.5) is 13.2 Å². The van der Waals surface area contributed by atoms with Crippen LogP contribution in [0.25, 0.3) is 0 Å². The molecule has 0 aliphatic rings. The molecule has 0 spiro atoms. The second-order valence-electron chi connectivity index (χ2n) is 2.47. The first-order chi connectivity index (χ1) is 5.12. The van der Waals surface area contributed by atoms with Crippen molar-refractivity contribution in [1.29, 1.82) is 0 Å². The van der Waals surface area contributed by atoms with E-state index in [2.05, 4.69) is 0 Å². The number of hydrogen-bond acceptors (Lipinski definition) is 1. The van der Waals surface area contributed by atoms with Crippen LogP contribution >= 0.6 is 0 Å². The van der Waals surface area contributed by atoms with Crippen molar-refractivity contribution < 1.29 is 13.2 Å². The molecule has 0 heterocycles. The second kappa shape index (κ2) is 5.41. The molecule has 1 nitrogen and oxygen atoms in total. The maximum Gasteiger partial charge on any atom is 0.330 e. The maximum absolute atomic E-state index is 12.1. The Bertz CT molecular complexity index is 95.7. The fourth-order valence-corrected chi connectivity index (χ4v) is 0.694. The Kier molecular flexibility index (Phi) is 5.28. The molecule has 4 heteroatoms. The first-order valence-corrected chi connectivity index (χ1v) is 3.81. The first kappa shape index (κ1) is 10.8. The molecule has 11 heavy (non-hydrogen) atoms. The quantitative estimate of drug-likeness (QED) is 0.475. The number of halogens is 3. The summed E-state index contributed by atoms with van der Waals surface area (Å²) in [5, 5.41) is 1.84. The molecule has 0 aromatic heterocycles. The fraction of sp³-hybridized carbons (Fsp3) is 1.00. The molecular weight excluding hydrogens is 155 g/mol. The van der Waals surface area contributed by atoms with Crippen molar-refractivity contribution in [3.63, 3.8) is 0 Å². The Morgan fingerprint density at radius 1 is 1.27 bits per heavy atom. The van der Waals surface area contributed by atoms with E-state index in [0.717, 1.165) is 12.8 Å². The van der Waals surface area contributed by atoms with Crippen LogP contribution in [0.1, 0.15) is 26.2 Å².